The smallest absolute Gasteiger partial charge is 0.299 e. The maximum Gasteiger partial charge on any atom is 0.299 e. The summed E-state index contributed by atoms with van der Waals surface area (Å²) < 4.78 is 14.0. The average molecular weight is 328 g/mol. The van der Waals surface area contributed by atoms with Crippen molar-refractivity contribution in [1.82, 2.24) is 0 Å². The molecule has 5 heteroatoms. The number of carbonyl (C=O) groups is 2. The van der Waals surface area contributed by atoms with Crippen molar-refractivity contribution in [1.29, 1.82) is 0 Å². The molecule has 0 unspecified atom stereocenters. The number of aryl methyl sites for hydroxylation is 1. The van der Waals surface area contributed by atoms with Crippen LogP contribution in [-0.2, 0) is 4.79 Å². The van der Waals surface area contributed by atoms with E-state index in [1.807, 2.05) is 0 Å². The van der Waals surface area contributed by atoms with Gasteiger partial charge in [-0.2, -0.15) is 0 Å². The van der Waals surface area contributed by atoms with Gasteiger partial charge in [0, 0.05) is 11.9 Å². The molecule has 102 valence electrons. The van der Waals surface area contributed by atoms with Crippen LogP contribution in [0.4, 0.5) is 10.1 Å². The van der Waals surface area contributed by atoms with E-state index in [1.165, 1.54) is 11.0 Å². The highest BCUT2D eigenvalue weighted by atomic mass is 79.9. The van der Waals surface area contributed by atoms with Crippen LogP contribution in [0.15, 0.2) is 12.1 Å². The van der Waals surface area contributed by atoms with Crippen molar-refractivity contribution in [2.75, 3.05) is 16.8 Å². The first-order chi connectivity index (χ1) is 9.06. The normalized spacial score (nSPS) is 14.2. The SMILES string of the molecule is Cc1cc(F)c2c(c1)C(=O)C(=O)N2CCCCCBr. The van der Waals surface area contributed by atoms with Crippen LogP contribution < -0.4 is 4.90 Å². The molecule has 0 aliphatic carbocycles. The molecule has 0 atom stereocenters. The van der Waals surface area contributed by atoms with E-state index in [0.29, 0.717) is 12.1 Å². The molecular formula is C14H15BrFNO2. The van der Waals surface area contributed by atoms with Gasteiger partial charge in [-0.3, -0.25) is 9.59 Å². The minimum atomic E-state index is -0.613. The molecule has 0 bridgehead atoms. The summed E-state index contributed by atoms with van der Waals surface area (Å²) in [5, 5.41) is 0.907. The van der Waals surface area contributed by atoms with E-state index >= 15 is 0 Å². The zero-order valence-electron chi connectivity index (χ0n) is 10.7. The number of rotatable bonds is 5. The summed E-state index contributed by atoms with van der Waals surface area (Å²) in [6.45, 7) is 2.10. The molecule has 19 heavy (non-hydrogen) atoms. The summed E-state index contributed by atoms with van der Waals surface area (Å²) in [6.07, 6.45) is 2.70. The van der Waals surface area contributed by atoms with Crippen LogP contribution in [0.5, 0.6) is 0 Å². The van der Waals surface area contributed by atoms with Gasteiger partial charge in [-0.15, -0.1) is 0 Å². The van der Waals surface area contributed by atoms with Gasteiger partial charge in [0.25, 0.3) is 11.7 Å². The lowest BCUT2D eigenvalue weighted by atomic mass is 10.1. The van der Waals surface area contributed by atoms with Crippen molar-refractivity contribution in [3.8, 4) is 0 Å². The van der Waals surface area contributed by atoms with Crippen LogP contribution in [0.3, 0.4) is 0 Å². The number of alkyl halides is 1. The van der Waals surface area contributed by atoms with E-state index in [2.05, 4.69) is 15.9 Å². The van der Waals surface area contributed by atoms with E-state index in [1.54, 1.807) is 13.0 Å². The molecule has 0 saturated carbocycles. The Hall–Kier alpha value is -1.23. The maximum absolute atomic E-state index is 14.0. The highest BCUT2D eigenvalue weighted by molar-refractivity contribution is 9.09. The number of nitrogens with zero attached hydrogens (tertiary/aromatic N) is 1. The van der Waals surface area contributed by atoms with Crippen LogP contribution >= 0.6 is 15.9 Å². The van der Waals surface area contributed by atoms with Gasteiger partial charge in [-0.1, -0.05) is 22.4 Å². The highest BCUT2D eigenvalue weighted by Crippen LogP contribution is 2.33. The van der Waals surface area contributed by atoms with Gasteiger partial charge in [-0.25, -0.2) is 4.39 Å². The lowest BCUT2D eigenvalue weighted by Gasteiger charge is -2.17. The van der Waals surface area contributed by atoms with E-state index in [-0.39, 0.29) is 11.3 Å². The fourth-order valence-electron chi connectivity index (χ4n) is 2.28. The first-order valence-corrected chi connectivity index (χ1v) is 7.40. The van der Waals surface area contributed by atoms with Crippen molar-refractivity contribution < 1.29 is 14.0 Å². The molecule has 2 rings (SSSR count). The Morgan fingerprint density at radius 2 is 1.95 bits per heavy atom. The lowest BCUT2D eigenvalue weighted by molar-refractivity contribution is -0.114. The van der Waals surface area contributed by atoms with Crippen molar-refractivity contribution >= 4 is 33.3 Å². The molecule has 1 amide bonds. The van der Waals surface area contributed by atoms with Crippen LogP contribution in [0.2, 0.25) is 0 Å². The Morgan fingerprint density at radius 1 is 1.21 bits per heavy atom. The van der Waals surface area contributed by atoms with E-state index in [0.717, 1.165) is 24.6 Å². The number of benzene rings is 1. The summed E-state index contributed by atoms with van der Waals surface area (Å²) in [7, 11) is 0. The second kappa shape index (κ2) is 5.82. The Bertz CT molecular complexity index is 530. The summed E-state index contributed by atoms with van der Waals surface area (Å²) in [5.41, 5.74) is 1.00. The Kier molecular flexibility index (Phi) is 4.34. The van der Waals surface area contributed by atoms with E-state index in [4.69, 9.17) is 0 Å². The minimum Gasteiger partial charge on any atom is -0.302 e. The molecule has 0 fully saturated rings. The minimum absolute atomic E-state index is 0.152. The number of hydrogen-bond donors (Lipinski definition) is 0. The molecule has 0 radical (unpaired) electrons. The van der Waals surface area contributed by atoms with Crippen LogP contribution in [0.1, 0.15) is 35.2 Å². The van der Waals surface area contributed by atoms with Crippen LogP contribution in [0.25, 0.3) is 0 Å². The van der Waals surface area contributed by atoms with Gasteiger partial charge in [0.05, 0.1) is 11.3 Å². The molecule has 0 spiro atoms. The molecule has 1 aromatic carbocycles. The van der Waals surface area contributed by atoms with Gasteiger partial charge in [0.2, 0.25) is 0 Å². The molecule has 1 aliphatic heterocycles. The van der Waals surface area contributed by atoms with Crippen LogP contribution in [-0.4, -0.2) is 23.6 Å². The Balaban J connectivity index is 2.23. The molecule has 3 nitrogen and oxygen atoms in total. The molecule has 0 saturated heterocycles. The van der Waals surface area contributed by atoms with Crippen LogP contribution in [0, 0.1) is 12.7 Å². The molecular weight excluding hydrogens is 313 g/mol. The Labute approximate surface area is 119 Å². The number of anilines is 1. The second-order valence-electron chi connectivity index (χ2n) is 4.68. The van der Waals surface area contributed by atoms with Gasteiger partial charge in [0.1, 0.15) is 5.82 Å². The fourth-order valence-corrected chi connectivity index (χ4v) is 2.67. The number of halogens is 2. The van der Waals surface area contributed by atoms with Crippen molar-refractivity contribution in [3.63, 3.8) is 0 Å². The third kappa shape index (κ3) is 2.71. The third-order valence-electron chi connectivity index (χ3n) is 3.18. The number of hydrogen-bond acceptors (Lipinski definition) is 2. The van der Waals surface area contributed by atoms with Gasteiger partial charge < -0.3 is 4.90 Å². The monoisotopic (exact) mass is 327 g/mol. The quantitative estimate of drug-likeness (QED) is 0.473. The molecule has 1 aliphatic rings. The van der Waals surface area contributed by atoms with Gasteiger partial charge in [0.15, 0.2) is 0 Å². The predicted octanol–water partition coefficient (Wildman–Crippen LogP) is 3.23. The second-order valence-corrected chi connectivity index (χ2v) is 5.47. The summed E-state index contributed by atoms with van der Waals surface area (Å²) in [4.78, 5) is 25.0. The van der Waals surface area contributed by atoms with Crippen molar-refractivity contribution in [2.24, 2.45) is 0 Å². The summed E-state index contributed by atoms with van der Waals surface area (Å²) in [6, 6.07) is 2.94. The first-order valence-electron chi connectivity index (χ1n) is 6.28. The number of fused-ring (bicyclic) bond motifs is 1. The first kappa shape index (κ1) is 14.2. The zero-order valence-corrected chi connectivity index (χ0v) is 12.3. The number of carbonyl (C=O) groups excluding carboxylic acids is 2. The van der Waals surface area contributed by atoms with Gasteiger partial charge >= 0.3 is 0 Å². The molecule has 1 aromatic rings. The fraction of sp³-hybridized carbons (Fsp3) is 0.429. The summed E-state index contributed by atoms with van der Waals surface area (Å²) >= 11 is 3.34. The van der Waals surface area contributed by atoms with Crippen molar-refractivity contribution in [2.45, 2.75) is 26.2 Å². The number of unbranched alkanes of at least 4 members (excludes halogenated alkanes) is 2. The summed E-state index contributed by atoms with van der Waals surface area (Å²) in [5.74, 6) is -1.70. The Morgan fingerprint density at radius 3 is 2.63 bits per heavy atom. The van der Waals surface area contributed by atoms with Crippen molar-refractivity contribution in [3.05, 3.63) is 29.1 Å². The third-order valence-corrected chi connectivity index (χ3v) is 3.74. The zero-order chi connectivity index (χ0) is 14.0. The van der Waals surface area contributed by atoms with Gasteiger partial charge in [-0.05, 0) is 37.5 Å². The highest BCUT2D eigenvalue weighted by Gasteiger charge is 2.37. The number of ketones is 1. The lowest BCUT2D eigenvalue weighted by Crippen LogP contribution is -2.31. The van der Waals surface area contributed by atoms with E-state index in [9.17, 15) is 14.0 Å². The maximum atomic E-state index is 14.0. The topological polar surface area (TPSA) is 37.4 Å². The largest absolute Gasteiger partial charge is 0.302 e. The average Bonchev–Trinajstić information content (AvgIpc) is 2.60. The standard InChI is InChI=1S/C14H15BrFNO2/c1-9-7-10-12(11(16)8-9)17(14(19)13(10)18)6-4-2-3-5-15/h7-8H,2-6H2,1H3. The molecule has 1 heterocycles. The number of Topliss-reactive ketones (excluding diaryl/α,β-unsaturated/α-hetero) is 1. The number of amides is 1. The predicted molar refractivity (Wildman–Crippen MR) is 75.5 cm³/mol. The molecule has 0 N–H and O–H groups in total. The van der Waals surface area contributed by atoms with E-state index < -0.39 is 17.5 Å². The molecule has 0 aromatic heterocycles.